The Labute approximate surface area is 201 Å². The maximum absolute atomic E-state index is 12.8. The molecule has 5 rings (SSSR count). The molecular weight excluding hydrogens is 454 g/mol. The van der Waals surface area contributed by atoms with E-state index in [-0.39, 0.29) is 30.9 Å². The molecule has 3 aromatic rings. The van der Waals surface area contributed by atoms with Gasteiger partial charge in [0, 0.05) is 41.7 Å². The number of piperidine rings is 1. The summed E-state index contributed by atoms with van der Waals surface area (Å²) in [6.45, 7) is 1.32. The van der Waals surface area contributed by atoms with Gasteiger partial charge in [-0.3, -0.25) is 9.59 Å². The quantitative estimate of drug-likeness (QED) is 0.576. The second-order valence-corrected chi connectivity index (χ2v) is 9.12. The van der Waals surface area contributed by atoms with E-state index in [1.807, 2.05) is 34.5 Å². The zero-order chi connectivity index (χ0) is 23.5. The van der Waals surface area contributed by atoms with E-state index in [0.717, 1.165) is 22.0 Å². The molecule has 34 heavy (non-hydrogen) atoms. The Morgan fingerprint density at radius 2 is 1.88 bits per heavy atom. The average Bonchev–Trinajstić information content (AvgIpc) is 3.53. The number of nitrogens with zero attached hydrogens (tertiary/aromatic N) is 2. The molecule has 0 unspecified atom stereocenters. The Balaban J connectivity index is 1.12. The van der Waals surface area contributed by atoms with Crippen molar-refractivity contribution in [3.63, 3.8) is 0 Å². The van der Waals surface area contributed by atoms with Crippen molar-refractivity contribution in [1.29, 1.82) is 0 Å². The number of aromatic nitrogens is 1. The molecule has 1 N–H and O–H groups in total. The monoisotopic (exact) mass is 479 g/mol. The van der Waals surface area contributed by atoms with Crippen LogP contribution in [0.4, 0.5) is 5.69 Å². The molecule has 1 aromatic heterocycles. The highest BCUT2D eigenvalue weighted by molar-refractivity contribution is 7.13. The fourth-order valence-electron chi connectivity index (χ4n) is 4.13. The van der Waals surface area contributed by atoms with Crippen molar-refractivity contribution in [3.8, 4) is 27.8 Å². The first-order valence-corrected chi connectivity index (χ1v) is 12.0. The van der Waals surface area contributed by atoms with Crippen LogP contribution in [0.15, 0.2) is 47.8 Å². The molecule has 1 saturated heterocycles. The van der Waals surface area contributed by atoms with Gasteiger partial charge in [-0.15, -0.1) is 11.3 Å². The molecule has 0 aliphatic carbocycles. The fourth-order valence-corrected chi connectivity index (χ4v) is 4.96. The number of benzene rings is 2. The molecule has 0 saturated carbocycles. The number of rotatable bonds is 6. The van der Waals surface area contributed by atoms with Crippen LogP contribution < -0.4 is 19.5 Å². The highest BCUT2D eigenvalue weighted by atomic mass is 32.1. The minimum absolute atomic E-state index is 0.0328. The van der Waals surface area contributed by atoms with Crippen LogP contribution >= 0.6 is 11.3 Å². The lowest BCUT2D eigenvalue weighted by Crippen LogP contribution is -2.42. The Morgan fingerprint density at radius 3 is 2.65 bits per heavy atom. The van der Waals surface area contributed by atoms with E-state index >= 15 is 0 Å². The van der Waals surface area contributed by atoms with Crippen LogP contribution in [-0.4, -0.2) is 48.7 Å². The highest BCUT2D eigenvalue weighted by Gasteiger charge is 2.28. The number of methoxy groups -OCH3 is 1. The van der Waals surface area contributed by atoms with Crippen molar-refractivity contribution in [2.75, 3.05) is 32.3 Å². The zero-order valence-corrected chi connectivity index (χ0v) is 19.6. The average molecular weight is 480 g/mol. The summed E-state index contributed by atoms with van der Waals surface area (Å²) in [7, 11) is 1.64. The minimum Gasteiger partial charge on any atom is -0.497 e. The summed E-state index contributed by atoms with van der Waals surface area (Å²) in [4.78, 5) is 32.0. The van der Waals surface area contributed by atoms with Gasteiger partial charge in [-0.25, -0.2) is 4.98 Å². The second kappa shape index (κ2) is 9.72. The molecule has 0 bridgehead atoms. The third kappa shape index (κ3) is 4.84. The van der Waals surface area contributed by atoms with E-state index in [0.29, 0.717) is 43.1 Å². The molecular formula is C25H25N3O5S. The maximum Gasteiger partial charge on any atom is 0.231 e. The third-order valence-corrected chi connectivity index (χ3v) is 7.02. The molecule has 8 nitrogen and oxygen atoms in total. The molecule has 2 aliphatic heterocycles. The molecule has 0 spiro atoms. The molecule has 2 amide bonds. The predicted molar refractivity (Wildman–Crippen MR) is 128 cm³/mol. The van der Waals surface area contributed by atoms with E-state index in [2.05, 4.69) is 10.3 Å². The van der Waals surface area contributed by atoms with Crippen LogP contribution in [0.5, 0.6) is 17.2 Å². The van der Waals surface area contributed by atoms with E-state index < -0.39 is 0 Å². The zero-order valence-electron chi connectivity index (χ0n) is 18.8. The van der Waals surface area contributed by atoms with Crippen LogP contribution in [0.1, 0.15) is 18.5 Å². The number of carbonyl (C=O) groups excluding carboxylic acids is 2. The lowest BCUT2D eigenvalue weighted by molar-refractivity contribution is -0.133. The van der Waals surface area contributed by atoms with Crippen LogP contribution in [0, 0.1) is 5.92 Å². The Kier molecular flexibility index (Phi) is 6.35. The summed E-state index contributed by atoms with van der Waals surface area (Å²) in [5, 5.41) is 5.77. The van der Waals surface area contributed by atoms with Gasteiger partial charge >= 0.3 is 0 Å². The van der Waals surface area contributed by atoms with Gasteiger partial charge in [0.1, 0.15) is 10.8 Å². The fraction of sp³-hybridized carbons (Fsp3) is 0.320. The summed E-state index contributed by atoms with van der Waals surface area (Å²) in [6, 6.07) is 13.1. The lowest BCUT2D eigenvalue weighted by Gasteiger charge is -2.31. The summed E-state index contributed by atoms with van der Waals surface area (Å²) in [5.74, 6) is 1.99. The first-order chi connectivity index (χ1) is 16.6. The number of thiazole rings is 1. The first kappa shape index (κ1) is 22.2. The molecule has 2 aromatic carbocycles. The molecule has 9 heteroatoms. The number of hydrogen-bond donors (Lipinski definition) is 1. The number of ether oxygens (including phenoxy) is 3. The molecule has 3 heterocycles. The molecule has 0 radical (unpaired) electrons. The number of nitrogens with one attached hydrogen (secondary N) is 1. The van der Waals surface area contributed by atoms with Crippen molar-refractivity contribution < 1.29 is 23.8 Å². The van der Waals surface area contributed by atoms with Crippen molar-refractivity contribution in [2.45, 2.75) is 19.3 Å². The van der Waals surface area contributed by atoms with Crippen molar-refractivity contribution in [1.82, 2.24) is 9.88 Å². The van der Waals surface area contributed by atoms with Crippen molar-refractivity contribution in [3.05, 3.63) is 53.5 Å². The lowest BCUT2D eigenvalue weighted by atomic mass is 9.95. The largest absolute Gasteiger partial charge is 0.497 e. The number of anilines is 1. The van der Waals surface area contributed by atoms with E-state index in [9.17, 15) is 9.59 Å². The van der Waals surface area contributed by atoms with Gasteiger partial charge in [0.05, 0.1) is 19.2 Å². The molecule has 0 atom stereocenters. The summed E-state index contributed by atoms with van der Waals surface area (Å²) in [5.41, 5.74) is 2.45. The Hall–Kier alpha value is -3.59. The van der Waals surface area contributed by atoms with Gasteiger partial charge in [-0.2, -0.15) is 0 Å². The first-order valence-electron chi connectivity index (χ1n) is 11.2. The maximum atomic E-state index is 12.8. The SMILES string of the molecule is COc1ccc(-c2nc(CC(=O)N3CCC(C(=O)Nc4ccc5c(c4)OCO5)CC3)cs2)cc1. The number of hydrogen-bond acceptors (Lipinski definition) is 7. The topological polar surface area (TPSA) is 90.0 Å². The van der Waals surface area contributed by atoms with E-state index in [1.54, 1.807) is 25.3 Å². The third-order valence-electron chi connectivity index (χ3n) is 6.08. The van der Waals surface area contributed by atoms with Crippen molar-refractivity contribution in [2.24, 2.45) is 5.92 Å². The van der Waals surface area contributed by atoms with Crippen LogP contribution in [0.3, 0.4) is 0 Å². The van der Waals surface area contributed by atoms with Gasteiger partial charge in [-0.05, 0) is 49.2 Å². The van der Waals surface area contributed by atoms with Crippen LogP contribution in [0.25, 0.3) is 10.6 Å². The summed E-state index contributed by atoms with van der Waals surface area (Å²) < 4.78 is 15.9. The van der Waals surface area contributed by atoms with Gasteiger partial charge in [-0.1, -0.05) is 0 Å². The van der Waals surface area contributed by atoms with E-state index in [1.165, 1.54) is 11.3 Å². The molecule has 1 fully saturated rings. The summed E-state index contributed by atoms with van der Waals surface area (Å²) >= 11 is 1.52. The van der Waals surface area contributed by atoms with Gasteiger partial charge in [0.25, 0.3) is 0 Å². The Bertz CT molecular complexity index is 1190. The van der Waals surface area contributed by atoms with Gasteiger partial charge < -0.3 is 24.4 Å². The molecule has 2 aliphatic rings. The standard InChI is InChI=1S/C25H25N3O5S/c1-31-20-5-2-17(3-6-20)25-27-19(14-34-25)13-23(29)28-10-8-16(9-11-28)24(30)26-18-4-7-21-22(12-18)33-15-32-21/h2-7,12,14,16H,8-11,13,15H2,1H3,(H,26,30). The molecule has 176 valence electrons. The van der Waals surface area contributed by atoms with Crippen LogP contribution in [0.2, 0.25) is 0 Å². The normalized spacial score (nSPS) is 15.3. The van der Waals surface area contributed by atoms with Crippen molar-refractivity contribution >= 4 is 28.8 Å². The summed E-state index contributed by atoms with van der Waals surface area (Å²) in [6.07, 6.45) is 1.54. The number of carbonyl (C=O) groups is 2. The minimum atomic E-state index is -0.129. The number of amides is 2. The van der Waals surface area contributed by atoms with E-state index in [4.69, 9.17) is 14.2 Å². The van der Waals surface area contributed by atoms with Gasteiger partial charge in [0.2, 0.25) is 18.6 Å². The number of fused-ring (bicyclic) bond motifs is 1. The smallest absolute Gasteiger partial charge is 0.231 e. The second-order valence-electron chi connectivity index (χ2n) is 8.26. The predicted octanol–water partition coefficient (Wildman–Crippen LogP) is 3.97. The van der Waals surface area contributed by atoms with Crippen LogP contribution in [-0.2, 0) is 16.0 Å². The Morgan fingerprint density at radius 1 is 1.12 bits per heavy atom. The number of likely N-dealkylation sites (tertiary alicyclic amines) is 1. The highest BCUT2D eigenvalue weighted by Crippen LogP contribution is 2.34. The van der Waals surface area contributed by atoms with Gasteiger partial charge in [0.15, 0.2) is 11.5 Å².